The number of carbonyl (C=O) groups is 2. The van der Waals surface area contributed by atoms with Gasteiger partial charge in [0.2, 0.25) is 5.91 Å². The van der Waals surface area contributed by atoms with Crippen LogP contribution in [0.25, 0.3) is 0 Å². The third kappa shape index (κ3) is 4.14. The van der Waals surface area contributed by atoms with Gasteiger partial charge in [0.1, 0.15) is 5.75 Å². The number of pyridine rings is 1. The van der Waals surface area contributed by atoms with Gasteiger partial charge in [-0.1, -0.05) is 6.08 Å². The maximum atomic E-state index is 13.4. The molecule has 26 heavy (non-hydrogen) atoms. The number of allylic oxidation sites excluding steroid dienone is 1. The first-order chi connectivity index (χ1) is 12.2. The molecule has 6 nitrogen and oxygen atoms in total. The van der Waals surface area contributed by atoms with Crippen LogP contribution < -0.4 is 10.1 Å². The number of carbonyl (C=O) groups excluding carboxylic acids is 2. The van der Waals surface area contributed by atoms with Crippen molar-refractivity contribution < 1.29 is 27.5 Å². The molecular weight excluding hydrogens is 351 g/mol. The van der Waals surface area contributed by atoms with Crippen LogP contribution in [0.15, 0.2) is 30.0 Å². The highest BCUT2D eigenvalue weighted by atomic mass is 19.4. The van der Waals surface area contributed by atoms with E-state index in [0.29, 0.717) is 5.57 Å². The lowest BCUT2D eigenvalue weighted by Crippen LogP contribution is -2.45. The Morgan fingerprint density at radius 1 is 1.38 bits per heavy atom. The Labute approximate surface area is 149 Å². The van der Waals surface area contributed by atoms with Crippen molar-refractivity contribution in [2.75, 3.05) is 20.2 Å². The van der Waals surface area contributed by atoms with Gasteiger partial charge in [0.25, 0.3) is 5.91 Å². The minimum absolute atomic E-state index is 0.0625. The maximum Gasteiger partial charge on any atom is 0.395 e. The number of nitrogens with zero attached hydrogens (tertiary/aromatic N) is 2. The average molecular weight is 371 g/mol. The SMILES string of the molecule is C/C=C(\C)C(=O)N[C@@H]1CN(C(=O)c2ncccc2OC)C[C@H]1C(F)(F)F. The van der Waals surface area contributed by atoms with Gasteiger partial charge in [-0.05, 0) is 26.0 Å². The fourth-order valence-corrected chi connectivity index (χ4v) is 2.73. The van der Waals surface area contributed by atoms with E-state index < -0.39 is 36.5 Å². The number of alkyl halides is 3. The highest BCUT2D eigenvalue weighted by Crippen LogP contribution is 2.35. The highest BCUT2D eigenvalue weighted by molar-refractivity contribution is 5.95. The van der Waals surface area contributed by atoms with E-state index in [-0.39, 0.29) is 18.0 Å². The average Bonchev–Trinajstić information content (AvgIpc) is 3.04. The summed E-state index contributed by atoms with van der Waals surface area (Å²) in [7, 11) is 1.35. The van der Waals surface area contributed by atoms with E-state index in [2.05, 4.69) is 10.3 Å². The van der Waals surface area contributed by atoms with Gasteiger partial charge in [-0.25, -0.2) is 4.98 Å². The lowest BCUT2D eigenvalue weighted by Gasteiger charge is -2.21. The Kier molecular flexibility index (Phi) is 5.89. The maximum absolute atomic E-state index is 13.4. The van der Waals surface area contributed by atoms with Gasteiger partial charge < -0.3 is 15.0 Å². The number of ether oxygens (including phenoxy) is 1. The van der Waals surface area contributed by atoms with Gasteiger partial charge in [0.05, 0.1) is 19.1 Å². The van der Waals surface area contributed by atoms with Crippen LogP contribution in [-0.2, 0) is 4.79 Å². The van der Waals surface area contributed by atoms with Gasteiger partial charge >= 0.3 is 6.18 Å². The number of hydrogen-bond acceptors (Lipinski definition) is 4. The van der Waals surface area contributed by atoms with Gasteiger partial charge in [-0.3, -0.25) is 9.59 Å². The predicted molar refractivity (Wildman–Crippen MR) is 87.6 cm³/mol. The molecule has 2 heterocycles. The molecule has 2 rings (SSSR count). The van der Waals surface area contributed by atoms with Crippen LogP contribution in [0.2, 0.25) is 0 Å². The monoisotopic (exact) mass is 371 g/mol. The van der Waals surface area contributed by atoms with Crippen LogP contribution >= 0.6 is 0 Å². The molecule has 1 fully saturated rings. The highest BCUT2D eigenvalue weighted by Gasteiger charge is 2.51. The van der Waals surface area contributed by atoms with Crippen LogP contribution in [0.1, 0.15) is 24.3 Å². The lowest BCUT2D eigenvalue weighted by atomic mass is 10.0. The molecule has 0 aromatic carbocycles. The summed E-state index contributed by atoms with van der Waals surface area (Å²) in [6, 6.07) is 1.84. The zero-order chi connectivity index (χ0) is 19.5. The fourth-order valence-electron chi connectivity index (χ4n) is 2.73. The Morgan fingerprint density at radius 2 is 2.08 bits per heavy atom. The molecule has 1 aliphatic heterocycles. The summed E-state index contributed by atoms with van der Waals surface area (Å²) in [5, 5.41) is 2.38. The summed E-state index contributed by atoms with van der Waals surface area (Å²) in [6.45, 7) is 2.32. The lowest BCUT2D eigenvalue weighted by molar-refractivity contribution is -0.175. The molecule has 142 valence electrons. The van der Waals surface area contributed by atoms with Crippen LogP contribution in [-0.4, -0.2) is 54.1 Å². The standard InChI is InChI=1S/C17H20F3N3O3/c1-4-10(2)15(24)22-12-9-23(8-11(12)17(18,19)20)16(25)14-13(26-3)6-5-7-21-14/h4-7,11-12H,8-9H2,1-3H3,(H,22,24)/b10-4+/t11-,12-/m1/s1. The smallest absolute Gasteiger partial charge is 0.395 e. The molecule has 2 amide bonds. The van der Waals surface area contributed by atoms with Crippen molar-refractivity contribution in [2.24, 2.45) is 5.92 Å². The predicted octanol–water partition coefficient (Wildman–Crippen LogP) is 2.18. The van der Waals surface area contributed by atoms with Crippen molar-refractivity contribution in [3.63, 3.8) is 0 Å². The molecule has 0 saturated carbocycles. The van der Waals surface area contributed by atoms with Crippen molar-refractivity contribution >= 4 is 11.8 Å². The largest absolute Gasteiger partial charge is 0.494 e. The molecule has 0 radical (unpaired) electrons. The Morgan fingerprint density at radius 3 is 2.65 bits per heavy atom. The van der Waals surface area contributed by atoms with Crippen molar-refractivity contribution in [1.82, 2.24) is 15.2 Å². The molecule has 0 unspecified atom stereocenters. The van der Waals surface area contributed by atoms with Crippen LogP contribution in [0, 0.1) is 5.92 Å². The molecule has 0 spiro atoms. The van der Waals surface area contributed by atoms with Gasteiger partial charge in [-0.15, -0.1) is 0 Å². The summed E-state index contributed by atoms with van der Waals surface area (Å²) in [5.74, 6) is -2.93. The van der Waals surface area contributed by atoms with Crippen molar-refractivity contribution in [2.45, 2.75) is 26.1 Å². The molecular formula is C17H20F3N3O3. The number of methoxy groups -OCH3 is 1. The molecule has 1 aromatic heterocycles. The van der Waals surface area contributed by atoms with E-state index in [0.717, 1.165) is 4.90 Å². The van der Waals surface area contributed by atoms with E-state index in [9.17, 15) is 22.8 Å². The van der Waals surface area contributed by atoms with E-state index in [1.807, 2.05) is 0 Å². The van der Waals surface area contributed by atoms with Gasteiger partial charge in [0.15, 0.2) is 5.69 Å². The molecule has 1 saturated heterocycles. The zero-order valence-electron chi connectivity index (χ0n) is 14.6. The molecule has 1 aromatic rings. The number of hydrogen-bond donors (Lipinski definition) is 1. The van der Waals surface area contributed by atoms with Gasteiger partial charge in [0, 0.05) is 24.9 Å². The first-order valence-corrected chi connectivity index (χ1v) is 7.97. The van der Waals surface area contributed by atoms with Crippen LogP contribution in [0.3, 0.4) is 0 Å². The van der Waals surface area contributed by atoms with Crippen LogP contribution in [0.5, 0.6) is 5.75 Å². The van der Waals surface area contributed by atoms with E-state index >= 15 is 0 Å². The van der Waals surface area contributed by atoms with Crippen LogP contribution in [0.4, 0.5) is 13.2 Å². The fraction of sp³-hybridized carbons (Fsp3) is 0.471. The summed E-state index contributed by atoms with van der Waals surface area (Å²) in [6.07, 6.45) is -1.68. The summed E-state index contributed by atoms with van der Waals surface area (Å²) in [5.41, 5.74) is 0.245. The third-order valence-corrected chi connectivity index (χ3v) is 4.33. The van der Waals surface area contributed by atoms with E-state index in [1.165, 1.54) is 32.4 Å². The Balaban J connectivity index is 2.24. The number of likely N-dealkylation sites (tertiary alicyclic amines) is 1. The number of aromatic nitrogens is 1. The Hall–Kier alpha value is -2.58. The van der Waals surface area contributed by atoms with Crippen molar-refractivity contribution in [3.8, 4) is 5.75 Å². The van der Waals surface area contributed by atoms with E-state index in [4.69, 9.17) is 4.74 Å². The molecule has 9 heteroatoms. The van der Waals surface area contributed by atoms with Crippen molar-refractivity contribution in [1.29, 1.82) is 0 Å². The number of amides is 2. The first kappa shape index (κ1) is 19.7. The third-order valence-electron chi connectivity index (χ3n) is 4.33. The number of nitrogens with one attached hydrogen (secondary N) is 1. The Bertz CT molecular complexity index is 719. The van der Waals surface area contributed by atoms with Gasteiger partial charge in [-0.2, -0.15) is 13.2 Å². The normalized spacial score (nSPS) is 20.8. The second kappa shape index (κ2) is 7.76. The first-order valence-electron chi connectivity index (χ1n) is 7.97. The number of rotatable bonds is 4. The minimum atomic E-state index is -4.55. The topological polar surface area (TPSA) is 71.5 Å². The molecule has 0 bridgehead atoms. The van der Waals surface area contributed by atoms with E-state index in [1.54, 1.807) is 13.0 Å². The molecule has 0 aliphatic carbocycles. The minimum Gasteiger partial charge on any atom is -0.494 e. The summed E-state index contributed by atoms with van der Waals surface area (Å²) >= 11 is 0. The number of halogens is 3. The molecule has 2 atom stereocenters. The quantitative estimate of drug-likeness (QED) is 0.824. The summed E-state index contributed by atoms with van der Waals surface area (Å²) < 4.78 is 45.2. The van der Waals surface area contributed by atoms with Crippen molar-refractivity contribution in [3.05, 3.63) is 35.7 Å². The summed E-state index contributed by atoms with van der Waals surface area (Å²) in [4.78, 5) is 29.5. The zero-order valence-corrected chi connectivity index (χ0v) is 14.6. The molecule has 1 N–H and O–H groups in total. The second-order valence-electron chi connectivity index (χ2n) is 5.96. The second-order valence-corrected chi connectivity index (χ2v) is 5.96. The molecule has 1 aliphatic rings.